The number of fused-ring (bicyclic) bond motifs is 1. The minimum absolute atomic E-state index is 0.0419. The summed E-state index contributed by atoms with van der Waals surface area (Å²) < 4.78 is 20.6. The Balaban J connectivity index is 1.34. The van der Waals surface area contributed by atoms with E-state index in [0.29, 0.717) is 24.3 Å². The zero-order valence-electron chi connectivity index (χ0n) is 19.1. The van der Waals surface area contributed by atoms with Crippen LogP contribution in [0, 0.1) is 11.8 Å². The maximum Gasteiger partial charge on any atom is 0.308 e. The number of thioether (sulfide) groups is 1. The van der Waals surface area contributed by atoms with Gasteiger partial charge in [0.05, 0.1) is 18.5 Å². The van der Waals surface area contributed by atoms with Gasteiger partial charge in [0.1, 0.15) is 11.9 Å². The van der Waals surface area contributed by atoms with E-state index in [0.717, 1.165) is 41.3 Å². The van der Waals surface area contributed by atoms with Gasteiger partial charge in [-0.15, -0.1) is 0 Å². The number of piperidine rings is 1. The van der Waals surface area contributed by atoms with Crippen LogP contribution in [-0.2, 0) is 4.79 Å². The monoisotopic (exact) mass is 484 g/mol. The van der Waals surface area contributed by atoms with Crippen LogP contribution in [-0.4, -0.2) is 63.4 Å². The van der Waals surface area contributed by atoms with Gasteiger partial charge in [0.15, 0.2) is 5.16 Å². The van der Waals surface area contributed by atoms with Gasteiger partial charge in [-0.2, -0.15) is 0 Å². The van der Waals surface area contributed by atoms with Crippen LogP contribution >= 0.6 is 11.8 Å². The summed E-state index contributed by atoms with van der Waals surface area (Å²) in [5, 5.41) is 11.3. The van der Waals surface area contributed by atoms with Crippen LogP contribution in [0.2, 0.25) is 0 Å². The molecule has 0 amide bonds. The Morgan fingerprint density at radius 1 is 1.26 bits per heavy atom. The van der Waals surface area contributed by atoms with Crippen molar-refractivity contribution in [2.24, 2.45) is 11.8 Å². The molecule has 0 unspecified atom stereocenters. The first-order valence-electron chi connectivity index (χ1n) is 11.5. The van der Waals surface area contributed by atoms with E-state index in [4.69, 9.17) is 4.74 Å². The Hall–Kier alpha value is -2.78. The van der Waals surface area contributed by atoms with E-state index in [1.54, 1.807) is 55.7 Å². The summed E-state index contributed by atoms with van der Waals surface area (Å²) >= 11 is 1.56. The molecule has 1 saturated heterocycles. The van der Waals surface area contributed by atoms with Gasteiger partial charge in [0.2, 0.25) is 0 Å². The van der Waals surface area contributed by atoms with Crippen molar-refractivity contribution < 1.29 is 19.0 Å². The summed E-state index contributed by atoms with van der Waals surface area (Å²) in [5.74, 6) is 0.118. The Labute approximate surface area is 202 Å². The normalized spacial score (nSPS) is 19.7. The highest BCUT2D eigenvalue weighted by atomic mass is 32.2. The first-order chi connectivity index (χ1) is 16.5. The second-order valence-corrected chi connectivity index (χ2v) is 9.56. The Bertz CT molecular complexity index is 1100. The van der Waals surface area contributed by atoms with Crippen LogP contribution in [0.3, 0.4) is 0 Å². The second kappa shape index (κ2) is 11.6. The minimum atomic E-state index is -1.19. The molecule has 0 saturated carbocycles. The van der Waals surface area contributed by atoms with Crippen LogP contribution in [0.15, 0.2) is 54.1 Å². The first kappa shape index (κ1) is 24.3. The predicted molar refractivity (Wildman–Crippen MR) is 130 cm³/mol. The third-order valence-corrected chi connectivity index (χ3v) is 7.30. The first-order valence-corrected chi connectivity index (χ1v) is 12.5. The summed E-state index contributed by atoms with van der Waals surface area (Å²) in [6, 6.07) is 8.92. The lowest BCUT2D eigenvalue weighted by Crippen LogP contribution is -2.44. The summed E-state index contributed by atoms with van der Waals surface area (Å²) in [4.78, 5) is 26.9. The van der Waals surface area contributed by atoms with Crippen molar-refractivity contribution >= 4 is 28.6 Å². The molecule has 1 fully saturated rings. The highest BCUT2D eigenvalue weighted by Crippen LogP contribution is 2.35. The van der Waals surface area contributed by atoms with Gasteiger partial charge in [-0.3, -0.25) is 9.78 Å². The number of carboxylic acids is 1. The number of rotatable bonds is 10. The number of carbonyl (C=O) groups is 1. The van der Waals surface area contributed by atoms with Crippen molar-refractivity contribution in [1.82, 2.24) is 19.9 Å². The Morgan fingerprint density at radius 3 is 2.85 bits per heavy atom. The third kappa shape index (κ3) is 6.01. The van der Waals surface area contributed by atoms with E-state index in [9.17, 15) is 9.90 Å². The minimum Gasteiger partial charge on any atom is -0.497 e. The van der Waals surface area contributed by atoms with Crippen molar-refractivity contribution in [3.8, 4) is 5.75 Å². The Morgan fingerprint density at radius 2 is 2.09 bits per heavy atom. The molecule has 1 N–H and O–H groups in total. The zero-order valence-corrected chi connectivity index (χ0v) is 20.0. The summed E-state index contributed by atoms with van der Waals surface area (Å²) in [7, 11) is 1.58. The molecular weight excluding hydrogens is 455 g/mol. The van der Waals surface area contributed by atoms with E-state index in [-0.39, 0.29) is 12.3 Å². The van der Waals surface area contributed by atoms with Crippen LogP contribution in [0.5, 0.6) is 5.75 Å². The SMILES string of the molecule is COc1ccc2nccc([C@@H](F)CC[C@@H]3CCN(CCSc4ncccn4)C[C@@H]3C(=O)O)c2c1. The van der Waals surface area contributed by atoms with Gasteiger partial charge in [-0.25, -0.2) is 14.4 Å². The van der Waals surface area contributed by atoms with Crippen molar-refractivity contribution in [3.63, 3.8) is 0 Å². The molecule has 1 aromatic carbocycles. The predicted octanol–water partition coefficient (Wildman–Crippen LogP) is 4.64. The molecule has 1 aliphatic heterocycles. The summed E-state index contributed by atoms with van der Waals surface area (Å²) in [6.45, 7) is 2.08. The number of benzene rings is 1. The largest absolute Gasteiger partial charge is 0.497 e. The van der Waals surface area contributed by atoms with Gasteiger partial charge in [-0.05, 0) is 67.6 Å². The molecule has 0 bridgehead atoms. The number of hydrogen-bond donors (Lipinski definition) is 1. The van der Waals surface area contributed by atoms with E-state index in [2.05, 4.69) is 19.9 Å². The smallest absolute Gasteiger partial charge is 0.308 e. The van der Waals surface area contributed by atoms with Crippen LogP contribution in [0.4, 0.5) is 4.39 Å². The van der Waals surface area contributed by atoms with E-state index in [1.165, 1.54) is 0 Å². The maximum atomic E-state index is 15.3. The third-order valence-electron chi connectivity index (χ3n) is 6.45. The fourth-order valence-electron chi connectivity index (χ4n) is 4.59. The highest BCUT2D eigenvalue weighted by molar-refractivity contribution is 7.99. The lowest BCUT2D eigenvalue weighted by Gasteiger charge is -2.36. The molecule has 3 aromatic rings. The molecule has 0 aliphatic carbocycles. The lowest BCUT2D eigenvalue weighted by atomic mass is 9.81. The number of hydrogen-bond acceptors (Lipinski definition) is 7. The average Bonchev–Trinajstić information content (AvgIpc) is 2.87. The molecule has 7 nitrogen and oxygen atoms in total. The molecule has 0 spiro atoms. The number of halogens is 1. The van der Waals surface area contributed by atoms with Gasteiger partial charge >= 0.3 is 5.97 Å². The summed E-state index contributed by atoms with van der Waals surface area (Å²) in [6.07, 6.45) is 5.43. The number of alkyl halides is 1. The molecule has 3 heterocycles. The molecule has 1 aliphatic rings. The number of ether oxygens (including phenoxy) is 1. The van der Waals surface area contributed by atoms with Crippen molar-refractivity contribution in [2.75, 3.05) is 32.5 Å². The van der Waals surface area contributed by atoms with Crippen molar-refractivity contribution in [3.05, 3.63) is 54.5 Å². The number of nitrogens with zero attached hydrogens (tertiary/aromatic N) is 4. The van der Waals surface area contributed by atoms with Gasteiger partial charge in [0, 0.05) is 42.8 Å². The standard InChI is InChI=1S/C25H29FN4O3S/c1-33-18-4-6-23-20(15-18)19(7-11-27-23)22(26)5-3-17-8-12-30(16-21(17)24(31)32)13-14-34-25-28-9-2-10-29-25/h2,4,6-7,9-11,15,17,21-22H,3,5,8,12-14,16H2,1H3,(H,31,32)/t17-,21+,22+/m1/s1. The summed E-state index contributed by atoms with van der Waals surface area (Å²) in [5.41, 5.74) is 1.30. The number of pyridine rings is 1. The van der Waals surface area contributed by atoms with Crippen LogP contribution < -0.4 is 4.74 Å². The van der Waals surface area contributed by atoms with Gasteiger partial charge in [0.25, 0.3) is 0 Å². The number of aromatic nitrogens is 3. The quantitative estimate of drug-likeness (QED) is 0.329. The molecule has 34 heavy (non-hydrogen) atoms. The van der Waals surface area contributed by atoms with Crippen LogP contribution in [0.1, 0.15) is 31.0 Å². The molecule has 4 rings (SSSR count). The highest BCUT2D eigenvalue weighted by Gasteiger charge is 2.34. The fraction of sp³-hybridized carbons (Fsp3) is 0.440. The molecule has 0 radical (unpaired) electrons. The van der Waals surface area contributed by atoms with Crippen molar-refractivity contribution in [1.29, 1.82) is 0 Å². The van der Waals surface area contributed by atoms with Crippen LogP contribution in [0.25, 0.3) is 10.9 Å². The Kier molecular flexibility index (Phi) is 8.29. The topological polar surface area (TPSA) is 88.4 Å². The molecule has 3 atom stereocenters. The molecular formula is C25H29FN4O3S. The molecule has 180 valence electrons. The number of likely N-dealkylation sites (tertiary alicyclic amines) is 1. The van der Waals surface area contributed by atoms with E-state index < -0.39 is 18.1 Å². The number of carboxylic acid groups (broad SMARTS) is 1. The van der Waals surface area contributed by atoms with E-state index in [1.807, 2.05) is 12.1 Å². The fourth-order valence-corrected chi connectivity index (χ4v) is 5.39. The van der Waals surface area contributed by atoms with Crippen molar-refractivity contribution in [2.45, 2.75) is 30.6 Å². The second-order valence-electron chi connectivity index (χ2n) is 8.50. The van der Waals surface area contributed by atoms with Gasteiger partial charge in [-0.1, -0.05) is 11.8 Å². The van der Waals surface area contributed by atoms with E-state index >= 15 is 4.39 Å². The van der Waals surface area contributed by atoms with Gasteiger partial charge < -0.3 is 14.7 Å². The maximum absolute atomic E-state index is 15.3. The average molecular weight is 485 g/mol. The lowest BCUT2D eigenvalue weighted by molar-refractivity contribution is -0.146. The molecule has 9 heteroatoms. The molecule has 2 aromatic heterocycles. The number of methoxy groups -OCH3 is 1. The zero-order chi connectivity index (χ0) is 23.9. The number of aliphatic carboxylic acids is 1.